The zero-order valence-electron chi connectivity index (χ0n) is 6.44. The van der Waals surface area contributed by atoms with Gasteiger partial charge in [-0.3, -0.25) is 0 Å². The summed E-state index contributed by atoms with van der Waals surface area (Å²) in [5.41, 5.74) is 0.483. The molecule has 3 atom stereocenters. The Kier molecular flexibility index (Phi) is 2.46. The highest BCUT2D eigenvalue weighted by Crippen LogP contribution is 2.21. The molecule has 0 aromatic heterocycles. The molecule has 11 heavy (non-hydrogen) atoms. The second-order valence-corrected chi connectivity index (χ2v) is 3.04. The number of aliphatic hydroxyl groups excluding tert-OH is 2. The van der Waals surface area contributed by atoms with Crippen LogP contribution in [0.5, 0.6) is 0 Å². The molecule has 4 heteroatoms. The van der Waals surface area contributed by atoms with E-state index >= 15 is 0 Å². The average molecular weight is 159 g/mol. The summed E-state index contributed by atoms with van der Waals surface area (Å²) >= 11 is 0. The molecule has 0 saturated heterocycles. The monoisotopic (exact) mass is 159 g/mol. The molecule has 0 radical (unpaired) electrons. The third-order valence-electron chi connectivity index (χ3n) is 2.19. The molecular weight excluding hydrogens is 146 g/mol. The zero-order valence-corrected chi connectivity index (χ0v) is 6.44. The van der Waals surface area contributed by atoms with Crippen LogP contribution in [0.15, 0.2) is 5.16 Å². The van der Waals surface area contributed by atoms with Crippen molar-refractivity contribution in [3.63, 3.8) is 0 Å². The molecule has 4 nitrogen and oxygen atoms in total. The largest absolute Gasteiger partial charge is 0.411 e. The van der Waals surface area contributed by atoms with Crippen molar-refractivity contribution in [1.82, 2.24) is 0 Å². The van der Waals surface area contributed by atoms with Crippen molar-refractivity contribution in [2.45, 2.75) is 32.0 Å². The van der Waals surface area contributed by atoms with E-state index in [2.05, 4.69) is 5.16 Å². The molecule has 1 aliphatic rings. The van der Waals surface area contributed by atoms with E-state index < -0.39 is 12.2 Å². The Balaban J connectivity index is 2.67. The molecule has 0 aliphatic heterocycles. The first-order valence-corrected chi connectivity index (χ1v) is 3.72. The maximum atomic E-state index is 9.30. The van der Waals surface area contributed by atoms with Crippen LogP contribution in [-0.4, -0.2) is 33.3 Å². The van der Waals surface area contributed by atoms with Crippen LogP contribution >= 0.6 is 0 Å². The quantitative estimate of drug-likeness (QED) is 0.343. The van der Waals surface area contributed by atoms with Crippen molar-refractivity contribution in [1.29, 1.82) is 0 Å². The zero-order chi connectivity index (χ0) is 8.43. The summed E-state index contributed by atoms with van der Waals surface area (Å²) in [4.78, 5) is 0. The van der Waals surface area contributed by atoms with Crippen LogP contribution < -0.4 is 0 Å². The number of hydrogen-bond donors (Lipinski definition) is 3. The second kappa shape index (κ2) is 3.19. The maximum Gasteiger partial charge on any atom is 0.0650 e. The fourth-order valence-electron chi connectivity index (χ4n) is 1.35. The van der Waals surface area contributed by atoms with Crippen LogP contribution in [-0.2, 0) is 0 Å². The number of nitrogens with zero attached hydrogens (tertiary/aromatic N) is 1. The van der Waals surface area contributed by atoms with E-state index in [1.165, 1.54) is 0 Å². The van der Waals surface area contributed by atoms with Crippen LogP contribution in [0.4, 0.5) is 0 Å². The molecule has 0 heterocycles. The molecule has 1 fully saturated rings. The lowest BCUT2D eigenvalue weighted by molar-refractivity contribution is 0.0500. The number of aliphatic hydroxyl groups is 2. The van der Waals surface area contributed by atoms with Crippen LogP contribution in [0.25, 0.3) is 0 Å². The van der Waals surface area contributed by atoms with E-state index in [0.717, 1.165) is 0 Å². The minimum absolute atomic E-state index is 0.136. The van der Waals surface area contributed by atoms with Gasteiger partial charge in [-0.2, -0.15) is 0 Å². The minimum Gasteiger partial charge on any atom is -0.411 e. The van der Waals surface area contributed by atoms with Crippen LogP contribution in [0.1, 0.15) is 19.8 Å². The van der Waals surface area contributed by atoms with Crippen LogP contribution in [0.3, 0.4) is 0 Å². The Morgan fingerprint density at radius 1 is 1.45 bits per heavy atom. The van der Waals surface area contributed by atoms with Gasteiger partial charge in [0.05, 0.1) is 17.9 Å². The Labute approximate surface area is 65.2 Å². The normalized spacial score (nSPS) is 42.8. The first-order valence-electron chi connectivity index (χ1n) is 3.72. The molecule has 1 rings (SSSR count). The standard InChI is InChI=1S/C7H13NO3/c1-4-6(8-11)2-5(9)3-7(4)10/h4-5,7,9-11H,2-3H2,1H3/b8-6-. The Hall–Kier alpha value is -0.610. The van der Waals surface area contributed by atoms with E-state index in [0.29, 0.717) is 18.6 Å². The number of hydrogen-bond acceptors (Lipinski definition) is 4. The SMILES string of the molecule is CC1/C(=N\O)CC(O)CC1O. The molecule has 0 aromatic rings. The van der Waals surface area contributed by atoms with Gasteiger partial charge in [0.1, 0.15) is 0 Å². The van der Waals surface area contributed by atoms with Gasteiger partial charge in [-0.05, 0) is 0 Å². The van der Waals surface area contributed by atoms with Gasteiger partial charge in [0.2, 0.25) is 0 Å². The number of rotatable bonds is 0. The molecule has 0 aromatic carbocycles. The molecule has 0 bridgehead atoms. The molecule has 64 valence electrons. The van der Waals surface area contributed by atoms with Crippen molar-refractivity contribution in [3.8, 4) is 0 Å². The van der Waals surface area contributed by atoms with E-state index in [4.69, 9.17) is 10.3 Å². The molecule has 0 spiro atoms. The van der Waals surface area contributed by atoms with Crippen molar-refractivity contribution in [3.05, 3.63) is 0 Å². The molecule has 1 aliphatic carbocycles. The summed E-state index contributed by atoms with van der Waals surface area (Å²) in [5, 5.41) is 29.9. The van der Waals surface area contributed by atoms with Gasteiger partial charge in [0.25, 0.3) is 0 Å². The Bertz CT molecular complexity index is 169. The van der Waals surface area contributed by atoms with Gasteiger partial charge in [0, 0.05) is 18.8 Å². The van der Waals surface area contributed by atoms with Gasteiger partial charge in [-0.1, -0.05) is 12.1 Å². The summed E-state index contributed by atoms with van der Waals surface area (Å²) in [6, 6.07) is 0. The summed E-state index contributed by atoms with van der Waals surface area (Å²) in [5.74, 6) is -0.136. The number of oxime groups is 1. The lowest BCUT2D eigenvalue weighted by Crippen LogP contribution is -2.37. The fraction of sp³-hybridized carbons (Fsp3) is 0.857. The van der Waals surface area contributed by atoms with Crippen molar-refractivity contribution in [2.75, 3.05) is 0 Å². The summed E-state index contributed by atoms with van der Waals surface area (Å²) in [6.45, 7) is 1.78. The van der Waals surface area contributed by atoms with Gasteiger partial charge in [0.15, 0.2) is 0 Å². The van der Waals surface area contributed by atoms with Crippen LogP contribution in [0.2, 0.25) is 0 Å². The Morgan fingerprint density at radius 2 is 2.09 bits per heavy atom. The van der Waals surface area contributed by atoms with E-state index in [1.807, 2.05) is 0 Å². The van der Waals surface area contributed by atoms with E-state index in [-0.39, 0.29) is 5.92 Å². The molecule has 3 unspecified atom stereocenters. The second-order valence-electron chi connectivity index (χ2n) is 3.04. The lowest BCUT2D eigenvalue weighted by Gasteiger charge is -2.28. The molecular formula is C7H13NO3. The molecule has 0 amide bonds. The summed E-state index contributed by atoms with van der Waals surface area (Å²) < 4.78 is 0. The lowest BCUT2D eigenvalue weighted by atomic mass is 9.84. The molecule has 1 saturated carbocycles. The Morgan fingerprint density at radius 3 is 2.64 bits per heavy atom. The van der Waals surface area contributed by atoms with E-state index in [9.17, 15) is 5.11 Å². The highest BCUT2D eigenvalue weighted by Gasteiger charge is 2.30. The maximum absolute atomic E-state index is 9.30. The average Bonchev–Trinajstić information content (AvgIpc) is 1.96. The highest BCUT2D eigenvalue weighted by atomic mass is 16.4. The van der Waals surface area contributed by atoms with Crippen molar-refractivity contribution < 1.29 is 15.4 Å². The predicted molar refractivity (Wildman–Crippen MR) is 39.6 cm³/mol. The van der Waals surface area contributed by atoms with Gasteiger partial charge in [-0.15, -0.1) is 0 Å². The summed E-state index contributed by atoms with van der Waals surface area (Å²) in [7, 11) is 0. The van der Waals surface area contributed by atoms with Crippen LogP contribution in [0, 0.1) is 5.92 Å². The fourth-order valence-corrected chi connectivity index (χ4v) is 1.35. The summed E-state index contributed by atoms with van der Waals surface area (Å²) in [6.07, 6.45) is -0.397. The van der Waals surface area contributed by atoms with Crippen molar-refractivity contribution >= 4 is 5.71 Å². The first-order chi connectivity index (χ1) is 5.15. The highest BCUT2D eigenvalue weighted by molar-refractivity contribution is 5.87. The third kappa shape index (κ3) is 1.70. The van der Waals surface area contributed by atoms with E-state index in [1.54, 1.807) is 6.92 Å². The van der Waals surface area contributed by atoms with Crippen molar-refractivity contribution in [2.24, 2.45) is 11.1 Å². The van der Waals surface area contributed by atoms with Gasteiger partial charge >= 0.3 is 0 Å². The predicted octanol–water partition coefficient (Wildman–Crippen LogP) is -0.0317. The third-order valence-corrected chi connectivity index (χ3v) is 2.19. The topological polar surface area (TPSA) is 73.1 Å². The minimum atomic E-state index is -0.579. The smallest absolute Gasteiger partial charge is 0.0650 e. The van der Waals surface area contributed by atoms with Gasteiger partial charge in [-0.25, -0.2) is 0 Å². The molecule has 3 N–H and O–H groups in total. The first kappa shape index (κ1) is 8.49. The van der Waals surface area contributed by atoms with Gasteiger partial charge < -0.3 is 15.4 Å².